The van der Waals surface area contributed by atoms with E-state index in [-0.39, 0.29) is 0 Å². The van der Waals surface area contributed by atoms with Crippen LogP contribution in [0.3, 0.4) is 0 Å². The van der Waals surface area contributed by atoms with Crippen LogP contribution in [0.15, 0.2) is 72.1 Å². The largest absolute Gasteiger partial charge is 0.265 e. The third-order valence-electron chi connectivity index (χ3n) is 4.16. The summed E-state index contributed by atoms with van der Waals surface area (Å²) < 4.78 is 0. The van der Waals surface area contributed by atoms with Crippen molar-refractivity contribution in [3.05, 3.63) is 78.3 Å². The Balaban J connectivity index is -0.000000353. The zero-order valence-corrected chi connectivity index (χ0v) is 23.2. The molecule has 0 N–H and O–H groups in total. The van der Waals surface area contributed by atoms with Crippen LogP contribution < -0.4 is 0 Å². The zero-order chi connectivity index (χ0) is 25.4. The van der Waals surface area contributed by atoms with E-state index >= 15 is 0 Å². The molecular formula is C30H52N2. The Kier molecular flexibility index (Phi) is 26.9. The Morgan fingerprint density at radius 1 is 0.625 bits per heavy atom. The fourth-order valence-electron chi connectivity index (χ4n) is 2.31. The average molecular weight is 441 g/mol. The minimum Gasteiger partial charge on any atom is -0.265 e. The average Bonchev–Trinajstić information content (AvgIpc) is 3.41. The maximum atomic E-state index is 4.17. The molecule has 0 bridgehead atoms. The van der Waals surface area contributed by atoms with Gasteiger partial charge in [-0.25, -0.2) is 0 Å². The molecule has 2 heterocycles. The zero-order valence-electron chi connectivity index (χ0n) is 23.2. The van der Waals surface area contributed by atoms with Crippen molar-refractivity contribution < 1.29 is 0 Å². The molecular weight excluding hydrogens is 388 g/mol. The van der Waals surface area contributed by atoms with Crippen LogP contribution in [0, 0.1) is 5.92 Å². The number of hydrogen-bond donors (Lipinski definition) is 0. The highest BCUT2D eigenvalue weighted by atomic mass is 14.7. The van der Waals surface area contributed by atoms with E-state index in [9.17, 15) is 0 Å². The monoisotopic (exact) mass is 440 g/mol. The quantitative estimate of drug-likeness (QED) is 0.466. The summed E-state index contributed by atoms with van der Waals surface area (Å²) in [6, 6.07) is 14.6. The lowest BCUT2D eigenvalue weighted by atomic mass is 10.0. The molecule has 0 saturated heterocycles. The molecule has 32 heavy (non-hydrogen) atoms. The van der Waals surface area contributed by atoms with Crippen molar-refractivity contribution in [2.24, 2.45) is 10.9 Å². The van der Waals surface area contributed by atoms with Crippen molar-refractivity contribution in [3.63, 3.8) is 0 Å². The van der Waals surface area contributed by atoms with Crippen molar-refractivity contribution in [1.29, 1.82) is 0 Å². The first-order valence-electron chi connectivity index (χ1n) is 12.6. The lowest BCUT2D eigenvalue weighted by Crippen LogP contribution is -2.02. The number of aromatic nitrogens is 1. The molecule has 0 atom stereocenters. The molecule has 2 aromatic rings. The van der Waals surface area contributed by atoms with Crippen LogP contribution in [0.5, 0.6) is 0 Å². The van der Waals surface area contributed by atoms with Gasteiger partial charge in [0.15, 0.2) is 0 Å². The van der Waals surface area contributed by atoms with Crippen LogP contribution >= 0.6 is 0 Å². The molecule has 0 saturated carbocycles. The van der Waals surface area contributed by atoms with Crippen LogP contribution in [0.25, 0.3) is 0 Å². The Hall–Kier alpha value is -2.22. The third kappa shape index (κ3) is 18.5. The van der Waals surface area contributed by atoms with Gasteiger partial charge in [-0.2, -0.15) is 0 Å². The molecule has 1 aliphatic rings. The van der Waals surface area contributed by atoms with Crippen LogP contribution in [0.1, 0.15) is 112 Å². The summed E-state index contributed by atoms with van der Waals surface area (Å²) in [6.07, 6.45) is 8.75. The summed E-state index contributed by atoms with van der Waals surface area (Å²) >= 11 is 0. The van der Waals surface area contributed by atoms with E-state index in [1.807, 2.05) is 66.1 Å². The summed E-state index contributed by atoms with van der Waals surface area (Å²) in [5, 5.41) is 0. The maximum Gasteiger partial charge on any atom is 0.0302 e. The van der Waals surface area contributed by atoms with Gasteiger partial charge in [-0.05, 0) is 34.9 Å². The summed E-state index contributed by atoms with van der Waals surface area (Å²) in [4.78, 5) is 8.18. The Morgan fingerprint density at radius 2 is 1.12 bits per heavy atom. The van der Waals surface area contributed by atoms with E-state index in [1.54, 1.807) is 6.20 Å². The first kappa shape index (κ1) is 34.4. The molecule has 0 spiro atoms. The van der Waals surface area contributed by atoms with Gasteiger partial charge < -0.3 is 0 Å². The number of allylic oxidation sites excluding steroid dienone is 1. The van der Waals surface area contributed by atoms with Crippen molar-refractivity contribution in [2.75, 3.05) is 0 Å². The highest BCUT2D eigenvalue weighted by Crippen LogP contribution is 2.12. The van der Waals surface area contributed by atoms with Crippen LogP contribution in [0.2, 0.25) is 0 Å². The minimum atomic E-state index is 0.596. The van der Waals surface area contributed by atoms with Gasteiger partial charge in [0.1, 0.15) is 0 Å². The molecule has 0 aliphatic carbocycles. The number of rotatable bonds is 3. The molecule has 0 fully saturated rings. The molecule has 2 heteroatoms. The van der Waals surface area contributed by atoms with Gasteiger partial charge in [0.2, 0.25) is 0 Å². The van der Waals surface area contributed by atoms with E-state index in [2.05, 4.69) is 87.9 Å². The molecule has 0 radical (unpaired) electrons. The lowest BCUT2D eigenvalue weighted by Gasteiger charge is -2.01. The van der Waals surface area contributed by atoms with Crippen molar-refractivity contribution in [2.45, 2.75) is 101 Å². The molecule has 1 aromatic carbocycles. The molecule has 182 valence electrons. The number of hydrogen-bond acceptors (Lipinski definition) is 2. The fraction of sp³-hybridized carbons (Fsp3) is 0.533. The molecule has 0 unspecified atom stereocenters. The Bertz CT molecular complexity index is 610. The van der Waals surface area contributed by atoms with Crippen LogP contribution in [0.4, 0.5) is 0 Å². The van der Waals surface area contributed by atoms with Gasteiger partial charge in [-0.1, -0.05) is 126 Å². The van der Waals surface area contributed by atoms with Crippen molar-refractivity contribution >= 4 is 5.71 Å². The second-order valence-corrected chi connectivity index (χ2v) is 7.37. The normalized spacial score (nSPS) is 10.7. The van der Waals surface area contributed by atoms with E-state index < -0.39 is 0 Å². The van der Waals surface area contributed by atoms with Crippen molar-refractivity contribution in [1.82, 2.24) is 4.98 Å². The minimum absolute atomic E-state index is 0.596. The number of benzene rings is 1. The van der Waals surface area contributed by atoms with Gasteiger partial charge in [-0.3, -0.25) is 9.98 Å². The standard InChI is InChI=1S/C9H12.C8H11N.C7H11N.3C2H6/c1-8(2)9-6-4-3-5-7-9;1-7(2)8-4-3-5-9-6-8;1-6(2)7-4-3-5-8-7;3*1-2/h3-8H,1-2H3;3-7H,1-2H3;3,5-6H,4H2,1-2H3;3*1-2H3. The van der Waals surface area contributed by atoms with Gasteiger partial charge in [0, 0.05) is 30.7 Å². The van der Waals surface area contributed by atoms with Gasteiger partial charge in [0.05, 0.1) is 0 Å². The second kappa shape index (κ2) is 25.0. The van der Waals surface area contributed by atoms with Gasteiger partial charge in [-0.15, -0.1) is 0 Å². The Labute approximate surface area is 201 Å². The van der Waals surface area contributed by atoms with Gasteiger partial charge in [0.25, 0.3) is 0 Å². The molecule has 0 amide bonds. The smallest absolute Gasteiger partial charge is 0.0302 e. The van der Waals surface area contributed by atoms with E-state index in [4.69, 9.17) is 0 Å². The summed E-state index contributed by atoms with van der Waals surface area (Å²) in [5.41, 5.74) is 4.03. The highest BCUT2D eigenvalue weighted by Gasteiger charge is 2.04. The number of nitrogens with zero attached hydrogens (tertiary/aromatic N) is 2. The first-order valence-corrected chi connectivity index (χ1v) is 12.6. The number of aliphatic imine (C=N–C) groups is 1. The lowest BCUT2D eigenvalue weighted by molar-refractivity contribution is 0.858. The summed E-state index contributed by atoms with van der Waals surface area (Å²) in [7, 11) is 0. The van der Waals surface area contributed by atoms with Gasteiger partial charge >= 0.3 is 0 Å². The highest BCUT2D eigenvalue weighted by molar-refractivity contribution is 5.89. The summed E-state index contributed by atoms with van der Waals surface area (Å²) in [6.45, 7) is 25.1. The molecule has 1 aliphatic heterocycles. The van der Waals surface area contributed by atoms with Crippen LogP contribution in [-0.4, -0.2) is 10.7 Å². The Morgan fingerprint density at radius 3 is 1.38 bits per heavy atom. The topological polar surface area (TPSA) is 25.2 Å². The fourth-order valence-corrected chi connectivity index (χ4v) is 2.31. The molecule has 1 aromatic heterocycles. The van der Waals surface area contributed by atoms with Crippen molar-refractivity contribution in [3.8, 4) is 0 Å². The predicted octanol–water partition coefficient (Wildman–Crippen LogP) is 10.1. The number of pyridine rings is 1. The molecule has 3 rings (SSSR count). The first-order chi connectivity index (χ1) is 15.4. The van der Waals surface area contributed by atoms with Crippen LogP contribution in [-0.2, 0) is 0 Å². The third-order valence-corrected chi connectivity index (χ3v) is 4.16. The van der Waals surface area contributed by atoms with E-state index in [0.29, 0.717) is 17.8 Å². The predicted molar refractivity (Wildman–Crippen MR) is 149 cm³/mol. The SMILES string of the molecule is CC.CC.CC.CC(C)C1=NC=CC1.CC(C)c1ccccc1.CC(C)c1cccnc1. The second-order valence-electron chi connectivity index (χ2n) is 7.37. The van der Waals surface area contributed by atoms with E-state index in [1.165, 1.54) is 16.8 Å². The summed E-state index contributed by atoms with van der Waals surface area (Å²) in [5.74, 6) is 1.88. The maximum absolute atomic E-state index is 4.17. The van der Waals surface area contributed by atoms with E-state index in [0.717, 1.165) is 6.42 Å². The molecule has 2 nitrogen and oxygen atoms in total.